The third kappa shape index (κ3) is 4.93. The summed E-state index contributed by atoms with van der Waals surface area (Å²) in [4.78, 5) is 12.1. The van der Waals surface area contributed by atoms with Gasteiger partial charge in [-0.25, -0.2) is 4.79 Å². The molecule has 24 heavy (non-hydrogen) atoms. The molecule has 0 amide bonds. The van der Waals surface area contributed by atoms with E-state index in [2.05, 4.69) is 24.3 Å². The van der Waals surface area contributed by atoms with Gasteiger partial charge in [0.15, 0.2) is 0 Å². The second kappa shape index (κ2) is 8.65. The first-order chi connectivity index (χ1) is 11.8. The van der Waals surface area contributed by atoms with Gasteiger partial charge < -0.3 is 9.47 Å². The van der Waals surface area contributed by atoms with Gasteiger partial charge in [-0.2, -0.15) is 0 Å². The highest BCUT2D eigenvalue weighted by Crippen LogP contribution is 2.14. The largest absolute Gasteiger partial charge is 0.459 e. The van der Waals surface area contributed by atoms with Crippen LogP contribution in [0.4, 0.5) is 0 Å². The van der Waals surface area contributed by atoms with E-state index in [0.717, 1.165) is 38.7 Å². The van der Waals surface area contributed by atoms with Crippen molar-refractivity contribution in [3.8, 4) is 0 Å². The minimum absolute atomic E-state index is 0.0628. The van der Waals surface area contributed by atoms with Crippen molar-refractivity contribution in [3.05, 3.63) is 71.3 Å². The maximum Gasteiger partial charge on any atom is 0.338 e. The number of aryl methyl sites for hydroxylation is 2. The molecule has 3 heteroatoms. The molecule has 1 atom stereocenters. The molecule has 1 aliphatic rings. The first-order valence-corrected chi connectivity index (χ1v) is 8.73. The molecule has 1 heterocycles. The van der Waals surface area contributed by atoms with E-state index in [9.17, 15) is 4.79 Å². The Balaban J connectivity index is 1.47. The molecular weight excluding hydrogens is 300 g/mol. The van der Waals surface area contributed by atoms with Crippen molar-refractivity contribution in [1.82, 2.24) is 0 Å². The molecule has 2 aromatic carbocycles. The quantitative estimate of drug-likeness (QED) is 0.747. The molecule has 1 aliphatic heterocycles. The predicted octanol–water partition coefficient (Wildman–Crippen LogP) is 4.20. The SMILES string of the molecule is O=C(OCC1CCCCO1)c1ccc(CCc2ccccc2)cc1. The number of rotatable bonds is 6. The van der Waals surface area contributed by atoms with Crippen LogP contribution in [0.3, 0.4) is 0 Å². The van der Waals surface area contributed by atoms with E-state index in [1.165, 1.54) is 11.1 Å². The minimum atomic E-state index is -0.265. The van der Waals surface area contributed by atoms with E-state index in [0.29, 0.717) is 12.2 Å². The molecule has 0 saturated carbocycles. The Kier molecular flexibility index (Phi) is 6.02. The molecule has 0 spiro atoms. The second-order valence-electron chi connectivity index (χ2n) is 6.27. The van der Waals surface area contributed by atoms with Crippen molar-refractivity contribution in [1.29, 1.82) is 0 Å². The number of carbonyl (C=O) groups excluding carboxylic acids is 1. The lowest BCUT2D eigenvalue weighted by molar-refractivity contribution is -0.0300. The number of ether oxygens (including phenoxy) is 2. The molecular formula is C21H24O3. The van der Waals surface area contributed by atoms with Crippen molar-refractivity contribution < 1.29 is 14.3 Å². The number of esters is 1. The van der Waals surface area contributed by atoms with Crippen molar-refractivity contribution in [2.75, 3.05) is 13.2 Å². The van der Waals surface area contributed by atoms with Crippen molar-refractivity contribution in [2.24, 2.45) is 0 Å². The van der Waals surface area contributed by atoms with Crippen LogP contribution in [0.5, 0.6) is 0 Å². The Morgan fingerprint density at radius 2 is 1.67 bits per heavy atom. The lowest BCUT2D eigenvalue weighted by Crippen LogP contribution is -2.25. The summed E-state index contributed by atoms with van der Waals surface area (Å²) in [5, 5.41) is 0. The summed E-state index contributed by atoms with van der Waals surface area (Å²) >= 11 is 0. The molecule has 0 radical (unpaired) electrons. The van der Waals surface area contributed by atoms with Crippen LogP contribution in [0.2, 0.25) is 0 Å². The number of carbonyl (C=O) groups is 1. The Bertz CT molecular complexity index is 628. The summed E-state index contributed by atoms with van der Waals surface area (Å²) in [5.74, 6) is -0.265. The lowest BCUT2D eigenvalue weighted by atomic mass is 10.0. The van der Waals surface area contributed by atoms with Crippen molar-refractivity contribution >= 4 is 5.97 Å². The van der Waals surface area contributed by atoms with Crippen LogP contribution in [0.1, 0.15) is 40.7 Å². The van der Waals surface area contributed by atoms with E-state index in [4.69, 9.17) is 9.47 Å². The van der Waals surface area contributed by atoms with Crippen LogP contribution in [0.25, 0.3) is 0 Å². The van der Waals surface area contributed by atoms with E-state index < -0.39 is 0 Å². The normalized spacial score (nSPS) is 17.4. The maximum atomic E-state index is 12.1. The van der Waals surface area contributed by atoms with Crippen LogP contribution >= 0.6 is 0 Å². The molecule has 0 N–H and O–H groups in total. The van der Waals surface area contributed by atoms with E-state index in [-0.39, 0.29) is 12.1 Å². The van der Waals surface area contributed by atoms with Gasteiger partial charge in [0.2, 0.25) is 0 Å². The van der Waals surface area contributed by atoms with Crippen LogP contribution in [-0.4, -0.2) is 25.3 Å². The second-order valence-corrected chi connectivity index (χ2v) is 6.27. The summed E-state index contributed by atoms with van der Waals surface area (Å²) in [5.41, 5.74) is 3.16. The van der Waals surface area contributed by atoms with Gasteiger partial charge in [0, 0.05) is 6.61 Å². The minimum Gasteiger partial charge on any atom is -0.459 e. The Labute approximate surface area is 143 Å². The average Bonchev–Trinajstić information content (AvgIpc) is 2.66. The molecule has 1 unspecified atom stereocenters. The van der Waals surface area contributed by atoms with Crippen LogP contribution in [0, 0.1) is 0 Å². The van der Waals surface area contributed by atoms with Crippen LogP contribution in [0.15, 0.2) is 54.6 Å². The number of hydrogen-bond donors (Lipinski definition) is 0. The fraction of sp³-hybridized carbons (Fsp3) is 0.381. The first kappa shape index (κ1) is 16.7. The predicted molar refractivity (Wildman–Crippen MR) is 94.2 cm³/mol. The molecule has 1 fully saturated rings. The Morgan fingerprint density at radius 1 is 0.958 bits per heavy atom. The van der Waals surface area contributed by atoms with Crippen LogP contribution < -0.4 is 0 Å². The van der Waals surface area contributed by atoms with E-state index in [1.54, 1.807) is 0 Å². The molecule has 0 bridgehead atoms. The Hall–Kier alpha value is -2.13. The third-order valence-corrected chi connectivity index (χ3v) is 4.41. The van der Waals surface area contributed by atoms with Gasteiger partial charge in [0.05, 0.1) is 11.7 Å². The summed E-state index contributed by atoms with van der Waals surface area (Å²) in [6.07, 6.45) is 5.27. The van der Waals surface area contributed by atoms with Gasteiger partial charge in [-0.3, -0.25) is 0 Å². The van der Waals surface area contributed by atoms with Crippen LogP contribution in [-0.2, 0) is 22.3 Å². The topological polar surface area (TPSA) is 35.5 Å². The summed E-state index contributed by atoms with van der Waals surface area (Å²) < 4.78 is 11.0. The molecule has 3 nitrogen and oxygen atoms in total. The fourth-order valence-corrected chi connectivity index (χ4v) is 2.93. The molecule has 2 aromatic rings. The van der Waals surface area contributed by atoms with Gasteiger partial charge >= 0.3 is 5.97 Å². The highest BCUT2D eigenvalue weighted by atomic mass is 16.6. The molecule has 126 valence electrons. The van der Waals surface area contributed by atoms with E-state index in [1.807, 2.05) is 30.3 Å². The molecule has 3 rings (SSSR count). The van der Waals surface area contributed by atoms with Gasteiger partial charge in [0.1, 0.15) is 6.61 Å². The molecule has 0 aliphatic carbocycles. The summed E-state index contributed by atoms with van der Waals surface area (Å²) in [7, 11) is 0. The number of hydrogen-bond acceptors (Lipinski definition) is 3. The zero-order valence-electron chi connectivity index (χ0n) is 13.9. The Morgan fingerprint density at radius 3 is 2.33 bits per heavy atom. The lowest BCUT2D eigenvalue weighted by Gasteiger charge is -2.22. The van der Waals surface area contributed by atoms with Crippen molar-refractivity contribution in [2.45, 2.75) is 38.2 Å². The monoisotopic (exact) mass is 324 g/mol. The van der Waals surface area contributed by atoms with Gasteiger partial charge in [-0.1, -0.05) is 42.5 Å². The summed E-state index contributed by atoms with van der Waals surface area (Å²) in [6.45, 7) is 1.13. The standard InChI is InChI=1S/C21H24O3/c22-21(24-16-20-8-4-5-15-23-20)19-13-11-18(12-14-19)10-9-17-6-2-1-3-7-17/h1-3,6-7,11-14,20H,4-5,8-10,15-16H2. The third-order valence-electron chi connectivity index (χ3n) is 4.41. The fourth-order valence-electron chi connectivity index (χ4n) is 2.93. The first-order valence-electron chi connectivity index (χ1n) is 8.73. The zero-order valence-corrected chi connectivity index (χ0v) is 13.9. The smallest absolute Gasteiger partial charge is 0.338 e. The molecule has 0 aromatic heterocycles. The van der Waals surface area contributed by atoms with Crippen molar-refractivity contribution in [3.63, 3.8) is 0 Å². The van der Waals surface area contributed by atoms with Gasteiger partial charge in [-0.15, -0.1) is 0 Å². The average molecular weight is 324 g/mol. The molecule has 1 saturated heterocycles. The van der Waals surface area contributed by atoms with E-state index >= 15 is 0 Å². The van der Waals surface area contributed by atoms with Gasteiger partial charge in [-0.05, 0) is 55.4 Å². The van der Waals surface area contributed by atoms with Gasteiger partial charge in [0.25, 0.3) is 0 Å². The number of benzene rings is 2. The highest BCUT2D eigenvalue weighted by molar-refractivity contribution is 5.89. The maximum absolute atomic E-state index is 12.1. The zero-order chi connectivity index (χ0) is 16.6. The highest BCUT2D eigenvalue weighted by Gasteiger charge is 2.16. The summed E-state index contributed by atoms with van der Waals surface area (Å²) in [6, 6.07) is 18.2.